The number of amides is 1. The quantitative estimate of drug-likeness (QED) is 0.705. The number of carbonyl (C=O) groups excluding carboxylic acids is 1. The molecule has 1 saturated carbocycles. The summed E-state index contributed by atoms with van der Waals surface area (Å²) in [4.78, 5) is 16.7. The fourth-order valence-electron chi connectivity index (χ4n) is 3.07. The van der Waals surface area contributed by atoms with Crippen molar-refractivity contribution in [3.05, 3.63) is 52.8 Å². The van der Waals surface area contributed by atoms with Crippen LogP contribution in [-0.2, 0) is 0 Å². The van der Waals surface area contributed by atoms with Gasteiger partial charge in [0.15, 0.2) is 0 Å². The van der Waals surface area contributed by atoms with Gasteiger partial charge in [0.1, 0.15) is 0 Å². The molecular weight excluding hydrogens is 366 g/mol. The number of aromatic nitrogens is 1. The van der Waals surface area contributed by atoms with Crippen molar-refractivity contribution in [2.24, 2.45) is 0 Å². The Morgan fingerprint density at radius 1 is 1.04 bits per heavy atom. The largest absolute Gasteiger partial charge is 0.381 e. The Kier molecular flexibility index (Phi) is 5.86. The fourth-order valence-corrected chi connectivity index (χ4v) is 3.47. The highest BCUT2D eigenvalue weighted by atomic mass is 79.9. The lowest BCUT2D eigenvalue weighted by molar-refractivity contribution is 0.102. The van der Waals surface area contributed by atoms with Crippen LogP contribution in [0.2, 0.25) is 0 Å². The summed E-state index contributed by atoms with van der Waals surface area (Å²) in [5, 5.41) is 6.44. The lowest BCUT2D eigenvalue weighted by atomic mass is 10.1. The minimum Gasteiger partial charge on any atom is -0.381 e. The van der Waals surface area contributed by atoms with E-state index in [9.17, 15) is 4.79 Å². The van der Waals surface area contributed by atoms with Crippen LogP contribution in [0.4, 0.5) is 11.4 Å². The molecule has 0 aliphatic heterocycles. The average Bonchev–Trinajstić information content (AvgIpc) is 2.84. The first-order valence-electron chi connectivity index (χ1n) is 8.49. The molecule has 5 heteroatoms. The maximum atomic E-state index is 12.4. The first-order chi connectivity index (χ1) is 11.7. The minimum atomic E-state index is -0.148. The van der Waals surface area contributed by atoms with E-state index >= 15 is 0 Å². The molecule has 1 amide bonds. The Morgan fingerprint density at radius 2 is 1.83 bits per heavy atom. The van der Waals surface area contributed by atoms with Crippen molar-refractivity contribution in [2.75, 3.05) is 10.6 Å². The Hall–Kier alpha value is -1.88. The molecule has 2 aromatic rings. The van der Waals surface area contributed by atoms with E-state index in [1.54, 1.807) is 12.4 Å². The van der Waals surface area contributed by atoms with Gasteiger partial charge in [0.05, 0.1) is 11.3 Å². The Labute approximate surface area is 151 Å². The molecule has 0 saturated heterocycles. The third-order valence-electron chi connectivity index (χ3n) is 4.31. The molecule has 0 spiro atoms. The van der Waals surface area contributed by atoms with Crippen LogP contribution in [0, 0.1) is 0 Å². The van der Waals surface area contributed by atoms with Crippen molar-refractivity contribution in [1.82, 2.24) is 4.98 Å². The zero-order chi connectivity index (χ0) is 16.8. The average molecular weight is 388 g/mol. The van der Waals surface area contributed by atoms with Crippen molar-refractivity contribution < 1.29 is 4.79 Å². The molecule has 1 heterocycles. The van der Waals surface area contributed by atoms with Gasteiger partial charge in [-0.3, -0.25) is 9.78 Å². The molecule has 1 aliphatic carbocycles. The van der Waals surface area contributed by atoms with Crippen molar-refractivity contribution in [3.8, 4) is 0 Å². The predicted molar refractivity (Wildman–Crippen MR) is 101 cm³/mol. The van der Waals surface area contributed by atoms with Crippen LogP contribution in [0.25, 0.3) is 0 Å². The van der Waals surface area contributed by atoms with Gasteiger partial charge in [-0.05, 0) is 37.1 Å². The van der Waals surface area contributed by atoms with E-state index in [-0.39, 0.29) is 5.91 Å². The van der Waals surface area contributed by atoms with Gasteiger partial charge in [-0.2, -0.15) is 0 Å². The molecule has 24 heavy (non-hydrogen) atoms. The third kappa shape index (κ3) is 4.81. The van der Waals surface area contributed by atoms with Crippen molar-refractivity contribution in [1.29, 1.82) is 0 Å². The summed E-state index contributed by atoms with van der Waals surface area (Å²) < 4.78 is 0.933. The highest BCUT2D eigenvalue weighted by molar-refractivity contribution is 9.10. The molecular formula is C19H22BrN3O. The number of nitrogens with zero attached hydrogens (tertiary/aromatic N) is 1. The number of hydrogen-bond donors (Lipinski definition) is 2. The van der Waals surface area contributed by atoms with Crippen LogP contribution in [0.5, 0.6) is 0 Å². The van der Waals surface area contributed by atoms with Crippen LogP contribution < -0.4 is 10.6 Å². The van der Waals surface area contributed by atoms with Gasteiger partial charge < -0.3 is 10.6 Å². The summed E-state index contributed by atoms with van der Waals surface area (Å²) in [5.41, 5.74) is 2.24. The van der Waals surface area contributed by atoms with Crippen LogP contribution in [0.15, 0.2) is 47.2 Å². The summed E-state index contributed by atoms with van der Waals surface area (Å²) in [5.74, 6) is -0.148. The molecule has 1 aromatic heterocycles. The first-order valence-corrected chi connectivity index (χ1v) is 9.28. The summed E-state index contributed by atoms with van der Waals surface area (Å²) >= 11 is 3.41. The van der Waals surface area contributed by atoms with Crippen LogP contribution in [0.3, 0.4) is 0 Å². The molecule has 0 atom stereocenters. The Morgan fingerprint density at radius 3 is 2.58 bits per heavy atom. The first kappa shape index (κ1) is 17.0. The van der Waals surface area contributed by atoms with Crippen molar-refractivity contribution in [3.63, 3.8) is 0 Å². The normalized spacial score (nSPS) is 15.5. The summed E-state index contributed by atoms with van der Waals surface area (Å²) in [6.07, 6.45) is 11.0. The second-order valence-corrected chi connectivity index (χ2v) is 7.18. The van der Waals surface area contributed by atoms with Crippen molar-refractivity contribution in [2.45, 2.75) is 44.6 Å². The van der Waals surface area contributed by atoms with Gasteiger partial charge in [-0.15, -0.1) is 0 Å². The highest BCUT2D eigenvalue weighted by Crippen LogP contribution is 2.22. The molecule has 0 bridgehead atoms. The highest BCUT2D eigenvalue weighted by Gasteiger charge is 2.13. The van der Waals surface area contributed by atoms with Gasteiger partial charge in [-0.25, -0.2) is 0 Å². The monoisotopic (exact) mass is 387 g/mol. The van der Waals surface area contributed by atoms with Crippen LogP contribution in [0.1, 0.15) is 48.9 Å². The number of benzene rings is 1. The fraction of sp³-hybridized carbons (Fsp3) is 0.368. The standard InChI is InChI=1S/C19H22BrN3O/c20-15-6-5-9-17(11-15)23-19(24)14-10-18(13-21-12-14)22-16-7-3-1-2-4-8-16/h5-6,9-13,16,22H,1-4,7-8H2,(H,23,24). The second-order valence-electron chi connectivity index (χ2n) is 6.26. The number of pyridine rings is 1. The maximum Gasteiger partial charge on any atom is 0.257 e. The number of nitrogens with one attached hydrogen (secondary N) is 2. The van der Waals surface area contributed by atoms with E-state index in [1.807, 2.05) is 30.3 Å². The molecule has 126 valence electrons. The SMILES string of the molecule is O=C(Nc1cccc(Br)c1)c1cncc(NC2CCCCCC2)c1. The van der Waals surface area contributed by atoms with E-state index in [1.165, 1.54) is 38.5 Å². The van der Waals surface area contributed by atoms with E-state index in [4.69, 9.17) is 0 Å². The second kappa shape index (κ2) is 8.29. The number of carbonyl (C=O) groups is 1. The van der Waals surface area contributed by atoms with Crippen LogP contribution in [-0.4, -0.2) is 16.9 Å². The van der Waals surface area contributed by atoms with E-state index in [0.717, 1.165) is 15.8 Å². The number of anilines is 2. The molecule has 2 N–H and O–H groups in total. The maximum absolute atomic E-state index is 12.4. The molecule has 1 fully saturated rings. The van der Waals surface area contributed by atoms with Gasteiger partial charge in [-0.1, -0.05) is 47.7 Å². The van der Waals surface area contributed by atoms with Gasteiger partial charge in [0.2, 0.25) is 0 Å². The molecule has 1 aliphatic rings. The third-order valence-corrected chi connectivity index (χ3v) is 4.80. The number of rotatable bonds is 4. The van der Waals surface area contributed by atoms with E-state index in [2.05, 4.69) is 31.5 Å². The zero-order valence-electron chi connectivity index (χ0n) is 13.6. The predicted octanol–water partition coefficient (Wildman–Crippen LogP) is 5.23. The molecule has 4 nitrogen and oxygen atoms in total. The summed E-state index contributed by atoms with van der Waals surface area (Å²) in [6, 6.07) is 9.92. The van der Waals surface area contributed by atoms with E-state index < -0.39 is 0 Å². The Bertz CT molecular complexity index is 697. The van der Waals surface area contributed by atoms with Gasteiger partial charge in [0, 0.05) is 28.6 Å². The Balaban J connectivity index is 1.66. The summed E-state index contributed by atoms with van der Waals surface area (Å²) in [7, 11) is 0. The van der Waals surface area contributed by atoms with Gasteiger partial charge in [0.25, 0.3) is 5.91 Å². The van der Waals surface area contributed by atoms with E-state index in [0.29, 0.717) is 11.6 Å². The van der Waals surface area contributed by atoms with Crippen molar-refractivity contribution >= 4 is 33.2 Å². The molecule has 0 radical (unpaired) electrons. The lowest BCUT2D eigenvalue weighted by Gasteiger charge is -2.17. The summed E-state index contributed by atoms with van der Waals surface area (Å²) in [6.45, 7) is 0. The molecule has 1 aromatic carbocycles. The smallest absolute Gasteiger partial charge is 0.257 e. The zero-order valence-corrected chi connectivity index (χ0v) is 15.2. The lowest BCUT2D eigenvalue weighted by Crippen LogP contribution is -2.19. The number of halogens is 1. The topological polar surface area (TPSA) is 54.0 Å². The van der Waals surface area contributed by atoms with Gasteiger partial charge >= 0.3 is 0 Å². The minimum absolute atomic E-state index is 0.148. The number of hydrogen-bond acceptors (Lipinski definition) is 3. The van der Waals surface area contributed by atoms with Crippen LogP contribution >= 0.6 is 15.9 Å². The molecule has 0 unspecified atom stereocenters. The molecule has 3 rings (SSSR count).